The lowest BCUT2D eigenvalue weighted by Gasteiger charge is -2.04. The third kappa shape index (κ3) is 3.62. The summed E-state index contributed by atoms with van der Waals surface area (Å²) < 4.78 is 16.3. The summed E-state index contributed by atoms with van der Waals surface area (Å²) in [7, 11) is 1.61. The summed E-state index contributed by atoms with van der Waals surface area (Å²) in [6, 6.07) is 12.4. The molecule has 2 aromatic carbocycles. The van der Waals surface area contributed by atoms with Crippen molar-refractivity contribution in [2.24, 2.45) is 5.92 Å². The number of methoxy groups -OCH3 is 1. The fourth-order valence-corrected chi connectivity index (χ4v) is 2.81. The van der Waals surface area contributed by atoms with E-state index in [0.29, 0.717) is 17.1 Å². The first-order chi connectivity index (χ1) is 13.2. The van der Waals surface area contributed by atoms with E-state index in [1.807, 2.05) is 30.3 Å². The van der Waals surface area contributed by atoms with Crippen molar-refractivity contribution in [2.75, 3.05) is 7.11 Å². The molecule has 1 heterocycles. The predicted octanol–water partition coefficient (Wildman–Crippen LogP) is 4.18. The van der Waals surface area contributed by atoms with E-state index in [2.05, 4.69) is 0 Å². The highest BCUT2D eigenvalue weighted by molar-refractivity contribution is 6.12. The molecule has 0 radical (unpaired) electrons. The minimum Gasteiger partial charge on any atom is -0.496 e. The fraction of sp³-hybridized carbons (Fsp3) is 0.182. The molecule has 136 valence electrons. The number of Topliss-reactive ketones (excluding diaryl/α,β-unsaturated/α-hetero) is 1. The second kappa shape index (κ2) is 7.11. The quantitative estimate of drug-likeness (QED) is 0.454. The Kier molecular flexibility index (Phi) is 4.50. The number of carbonyl (C=O) groups is 2. The molecule has 5 nitrogen and oxygen atoms in total. The first kappa shape index (κ1) is 17.1. The van der Waals surface area contributed by atoms with Crippen LogP contribution < -0.4 is 14.2 Å². The summed E-state index contributed by atoms with van der Waals surface area (Å²) in [5.41, 5.74) is 1.35. The van der Waals surface area contributed by atoms with Gasteiger partial charge in [0.15, 0.2) is 5.76 Å². The Morgan fingerprint density at radius 2 is 2.00 bits per heavy atom. The van der Waals surface area contributed by atoms with E-state index in [9.17, 15) is 9.59 Å². The number of fused-ring (bicyclic) bond motifs is 1. The van der Waals surface area contributed by atoms with Crippen molar-refractivity contribution in [3.8, 4) is 17.2 Å². The zero-order valence-electron chi connectivity index (χ0n) is 14.8. The maximum absolute atomic E-state index is 12.5. The number of ether oxygens (including phenoxy) is 3. The van der Waals surface area contributed by atoms with Gasteiger partial charge in [-0.25, -0.2) is 0 Å². The molecule has 1 fully saturated rings. The van der Waals surface area contributed by atoms with Crippen molar-refractivity contribution in [3.05, 3.63) is 71.5 Å². The van der Waals surface area contributed by atoms with Crippen molar-refractivity contribution in [2.45, 2.75) is 12.8 Å². The largest absolute Gasteiger partial charge is 0.496 e. The van der Waals surface area contributed by atoms with E-state index in [1.165, 1.54) is 0 Å². The lowest BCUT2D eigenvalue weighted by molar-refractivity contribution is -0.135. The van der Waals surface area contributed by atoms with Gasteiger partial charge in [-0.15, -0.1) is 0 Å². The van der Waals surface area contributed by atoms with Gasteiger partial charge in [0.25, 0.3) is 0 Å². The third-order valence-electron chi connectivity index (χ3n) is 4.43. The number of benzene rings is 2. The van der Waals surface area contributed by atoms with Crippen molar-refractivity contribution in [3.63, 3.8) is 0 Å². The van der Waals surface area contributed by atoms with Crippen LogP contribution in [0.3, 0.4) is 0 Å². The smallest absolute Gasteiger partial charge is 0.314 e. The SMILES string of the molecule is COc1ccccc1C=CC=C1Oc2cc(OC(=O)C3CC3)ccc2C1=O. The Bertz CT molecular complexity index is 966. The van der Waals surface area contributed by atoms with Crippen LogP contribution in [0.5, 0.6) is 17.2 Å². The monoisotopic (exact) mass is 362 g/mol. The summed E-state index contributed by atoms with van der Waals surface area (Å²) >= 11 is 0. The average Bonchev–Trinajstić information content (AvgIpc) is 3.48. The first-order valence-corrected chi connectivity index (χ1v) is 8.75. The van der Waals surface area contributed by atoms with Gasteiger partial charge in [-0.2, -0.15) is 0 Å². The van der Waals surface area contributed by atoms with E-state index >= 15 is 0 Å². The van der Waals surface area contributed by atoms with Crippen LogP contribution in [0.4, 0.5) is 0 Å². The Morgan fingerprint density at radius 1 is 1.19 bits per heavy atom. The lowest BCUT2D eigenvalue weighted by Crippen LogP contribution is -2.09. The summed E-state index contributed by atoms with van der Waals surface area (Å²) in [6.07, 6.45) is 6.96. The molecule has 1 aliphatic carbocycles. The maximum Gasteiger partial charge on any atom is 0.314 e. The van der Waals surface area contributed by atoms with Gasteiger partial charge in [0.1, 0.15) is 17.2 Å². The van der Waals surface area contributed by atoms with E-state index in [1.54, 1.807) is 37.5 Å². The highest BCUT2D eigenvalue weighted by Gasteiger charge is 2.32. The minimum atomic E-state index is -0.227. The van der Waals surface area contributed by atoms with E-state index in [-0.39, 0.29) is 23.4 Å². The molecule has 1 saturated carbocycles. The molecule has 0 atom stereocenters. The number of hydrogen-bond acceptors (Lipinski definition) is 5. The van der Waals surface area contributed by atoms with Crippen LogP contribution in [-0.4, -0.2) is 18.9 Å². The summed E-state index contributed by atoms with van der Waals surface area (Å²) in [5, 5.41) is 0. The maximum atomic E-state index is 12.5. The highest BCUT2D eigenvalue weighted by Crippen LogP contribution is 2.36. The summed E-state index contributed by atoms with van der Waals surface area (Å²) in [6.45, 7) is 0. The predicted molar refractivity (Wildman–Crippen MR) is 99.9 cm³/mol. The average molecular weight is 362 g/mol. The number of hydrogen-bond donors (Lipinski definition) is 0. The first-order valence-electron chi connectivity index (χ1n) is 8.75. The lowest BCUT2D eigenvalue weighted by atomic mass is 10.1. The zero-order valence-corrected chi connectivity index (χ0v) is 14.8. The van der Waals surface area contributed by atoms with Gasteiger partial charge in [-0.3, -0.25) is 9.59 Å². The molecule has 0 bridgehead atoms. The fourth-order valence-electron chi connectivity index (χ4n) is 2.81. The Balaban J connectivity index is 1.49. The second-order valence-electron chi connectivity index (χ2n) is 6.42. The molecule has 4 rings (SSSR count). The van der Waals surface area contributed by atoms with Crippen LogP contribution in [0.25, 0.3) is 6.08 Å². The van der Waals surface area contributed by atoms with Crippen molar-refractivity contribution >= 4 is 17.8 Å². The highest BCUT2D eigenvalue weighted by atomic mass is 16.5. The number of rotatable bonds is 5. The number of carbonyl (C=O) groups excluding carboxylic acids is 2. The van der Waals surface area contributed by atoms with Crippen LogP contribution in [0.1, 0.15) is 28.8 Å². The van der Waals surface area contributed by atoms with Gasteiger partial charge in [0.2, 0.25) is 5.78 Å². The number of ketones is 1. The molecule has 1 aliphatic heterocycles. The molecule has 0 unspecified atom stereocenters. The Labute approximate surface area is 156 Å². The normalized spacial score (nSPS) is 17.1. The van der Waals surface area contributed by atoms with E-state index in [0.717, 1.165) is 24.2 Å². The molecule has 2 aliphatic rings. The molecule has 5 heteroatoms. The van der Waals surface area contributed by atoms with Crippen LogP contribution in [-0.2, 0) is 4.79 Å². The zero-order chi connectivity index (χ0) is 18.8. The third-order valence-corrected chi connectivity index (χ3v) is 4.43. The molecule has 0 amide bonds. The van der Waals surface area contributed by atoms with Crippen molar-refractivity contribution < 1.29 is 23.8 Å². The molecular formula is C22H18O5. The molecule has 27 heavy (non-hydrogen) atoms. The molecule has 0 aromatic heterocycles. The van der Waals surface area contributed by atoms with E-state index < -0.39 is 0 Å². The van der Waals surface area contributed by atoms with Crippen LogP contribution in [0.15, 0.2) is 60.4 Å². The second-order valence-corrected chi connectivity index (χ2v) is 6.42. The molecule has 0 N–H and O–H groups in total. The van der Waals surface area contributed by atoms with Gasteiger partial charge >= 0.3 is 5.97 Å². The Hall–Kier alpha value is -3.34. The molecular weight excluding hydrogens is 344 g/mol. The van der Waals surface area contributed by atoms with Crippen molar-refractivity contribution in [1.82, 2.24) is 0 Å². The van der Waals surface area contributed by atoms with E-state index in [4.69, 9.17) is 14.2 Å². The number of esters is 1. The molecule has 2 aromatic rings. The summed E-state index contributed by atoms with van der Waals surface area (Å²) in [5.74, 6) is 1.35. The minimum absolute atomic E-state index is 0.0105. The van der Waals surface area contributed by atoms with Gasteiger partial charge in [-0.1, -0.05) is 30.4 Å². The Morgan fingerprint density at radius 3 is 2.78 bits per heavy atom. The van der Waals surface area contributed by atoms with Gasteiger partial charge in [-0.05, 0) is 37.1 Å². The number of para-hydroxylation sites is 1. The summed E-state index contributed by atoms with van der Waals surface area (Å²) in [4.78, 5) is 24.2. The van der Waals surface area contributed by atoms with Crippen LogP contribution in [0.2, 0.25) is 0 Å². The van der Waals surface area contributed by atoms with Crippen LogP contribution in [0, 0.1) is 5.92 Å². The molecule has 0 saturated heterocycles. The van der Waals surface area contributed by atoms with Gasteiger partial charge < -0.3 is 14.2 Å². The van der Waals surface area contributed by atoms with Gasteiger partial charge in [0.05, 0.1) is 18.6 Å². The van der Waals surface area contributed by atoms with Crippen LogP contribution >= 0.6 is 0 Å². The van der Waals surface area contributed by atoms with Gasteiger partial charge in [0, 0.05) is 11.6 Å². The standard InChI is InChI=1S/C22H18O5/c1-25-18-7-3-2-5-14(18)6-4-8-19-21(23)17-12-11-16(13-20(17)27-19)26-22(24)15-9-10-15/h2-8,11-13,15H,9-10H2,1H3. The van der Waals surface area contributed by atoms with Crippen molar-refractivity contribution in [1.29, 1.82) is 0 Å². The topological polar surface area (TPSA) is 61.8 Å². The molecule has 0 spiro atoms. The number of allylic oxidation sites excluding steroid dienone is 3.